The van der Waals surface area contributed by atoms with Crippen LogP contribution in [0.15, 0.2) is 40.0 Å². The lowest BCUT2D eigenvalue weighted by Gasteiger charge is -2.39. The number of allylic oxidation sites excluding steroid dienone is 1. The second-order valence-electron chi connectivity index (χ2n) is 5.85. The van der Waals surface area contributed by atoms with Crippen LogP contribution in [0.3, 0.4) is 0 Å². The monoisotopic (exact) mass is 423 g/mol. The zero-order chi connectivity index (χ0) is 20.5. The first-order chi connectivity index (χ1) is 13.4. The number of rotatable bonds is 5. The van der Waals surface area contributed by atoms with Gasteiger partial charge in [-0.2, -0.15) is 5.10 Å². The molecule has 8 nitrogen and oxygen atoms in total. The van der Waals surface area contributed by atoms with Gasteiger partial charge in [0.05, 0.1) is 26.5 Å². The highest BCUT2D eigenvalue weighted by Gasteiger charge is 2.56. The molecule has 1 aromatic carbocycles. The lowest BCUT2D eigenvalue weighted by Crippen LogP contribution is -2.47. The molecule has 0 saturated carbocycles. The molecule has 0 N–H and O–H groups in total. The van der Waals surface area contributed by atoms with Gasteiger partial charge in [-0.05, 0) is 49.9 Å². The van der Waals surface area contributed by atoms with E-state index >= 15 is 0 Å². The van der Waals surface area contributed by atoms with Gasteiger partial charge >= 0.3 is 11.9 Å². The number of hydrogen-bond donors (Lipinski definition) is 0. The standard InChI is InChI=1S/C18H21N3O5S2/c1-6-26-16(22)14-11(2)20(3)18(27-14)21(19-15(28-18)17(23)25-5)12-7-9-13(24-4)10-8-12/h7-10H,6H2,1-5H3. The van der Waals surface area contributed by atoms with Crippen molar-refractivity contribution in [2.75, 3.05) is 32.9 Å². The van der Waals surface area contributed by atoms with Crippen LogP contribution in [0.25, 0.3) is 0 Å². The maximum atomic E-state index is 12.4. The minimum atomic E-state index is -0.885. The third kappa shape index (κ3) is 3.30. The van der Waals surface area contributed by atoms with Gasteiger partial charge in [0.2, 0.25) is 9.37 Å². The van der Waals surface area contributed by atoms with Crippen molar-refractivity contribution >= 4 is 46.2 Å². The Hall–Kier alpha value is -2.33. The molecule has 2 aliphatic heterocycles. The van der Waals surface area contributed by atoms with Gasteiger partial charge in [0.25, 0.3) is 0 Å². The zero-order valence-corrected chi connectivity index (χ0v) is 17.8. The minimum absolute atomic E-state index is 0.204. The normalized spacial score (nSPS) is 21.2. The SMILES string of the molecule is CCOC(=O)C1=C(C)N(C)C2(SC(C(=O)OC)=NN2c2ccc(OC)cc2)S1. The molecule has 0 bridgehead atoms. The second-order valence-corrected chi connectivity index (χ2v) is 8.45. The lowest BCUT2D eigenvalue weighted by molar-refractivity contribution is -0.137. The average Bonchev–Trinajstić information content (AvgIpc) is 3.21. The molecular formula is C18H21N3O5S2. The quantitative estimate of drug-likeness (QED) is 0.664. The molecule has 3 rings (SSSR count). The molecule has 1 atom stereocenters. The number of benzene rings is 1. The second kappa shape index (κ2) is 7.96. The number of carbonyl (C=O) groups is 2. The van der Waals surface area contributed by atoms with E-state index in [0.717, 1.165) is 11.4 Å². The molecule has 150 valence electrons. The summed E-state index contributed by atoms with van der Waals surface area (Å²) >= 11 is 2.52. The molecule has 2 aliphatic rings. The van der Waals surface area contributed by atoms with E-state index in [-0.39, 0.29) is 11.7 Å². The molecule has 1 aromatic rings. The number of methoxy groups -OCH3 is 2. The van der Waals surface area contributed by atoms with E-state index in [0.29, 0.717) is 10.7 Å². The third-order valence-corrected chi connectivity index (χ3v) is 7.35. The molecule has 28 heavy (non-hydrogen) atoms. The molecule has 1 unspecified atom stereocenters. The van der Waals surface area contributed by atoms with Crippen LogP contribution in [-0.4, -0.2) is 54.1 Å². The molecule has 0 radical (unpaired) electrons. The fourth-order valence-corrected chi connectivity index (χ4v) is 5.66. The number of carbonyl (C=O) groups excluding carboxylic acids is 2. The van der Waals surface area contributed by atoms with Crippen LogP contribution in [0.2, 0.25) is 0 Å². The predicted octanol–water partition coefficient (Wildman–Crippen LogP) is 2.82. The van der Waals surface area contributed by atoms with E-state index in [9.17, 15) is 9.59 Å². The summed E-state index contributed by atoms with van der Waals surface area (Å²) in [5.41, 5.74) is 1.49. The predicted molar refractivity (Wildman–Crippen MR) is 110 cm³/mol. The van der Waals surface area contributed by atoms with Crippen molar-refractivity contribution in [3.63, 3.8) is 0 Å². The van der Waals surface area contributed by atoms with Crippen LogP contribution in [0, 0.1) is 0 Å². The van der Waals surface area contributed by atoms with E-state index in [1.165, 1.54) is 30.6 Å². The highest BCUT2D eigenvalue weighted by Crippen LogP contribution is 2.58. The summed E-state index contributed by atoms with van der Waals surface area (Å²) in [6.07, 6.45) is 0. The Labute approximate surface area is 171 Å². The number of nitrogens with zero attached hydrogens (tertiary/aromatic N) is 3. The van der Waals surface area contributed by atoms with Gasteiger partial charge in [0, 0.05) is 12.7 Å². The van der Waals surface area contributed by atoms with E-state index in [2.05, 4.69) is 5.10 Å². The van der Waals surface area contributed by atoms with E-state index in [1.807, 2.05) is 43.1 Å². The van der Waals surface area contributed by atoms with Crippen molar-refractivity contribution in [2.45, 2.75) is 18.2 Å². The number of esters is 2. The van der Waals surface area contributed by atoms with E-state index in [1.54, 1.807) is 19.0 Å². The van der Waals surface area contributed by atoms with Crippen molar-refractivity contribution in [2.24, 2.45) is 5.10 Å². The maximum Gasteiger partial charge on any atom is 0.365 e. The van der Waals surface area contributed by atoms with Crippen molar-refractivity contribution in [1.82, 2.24) is 4.90 Å². The number of hydrogen-bond acceptors (Lipinski definition) is 10. The summed E-state index contributed by atoms with van der Waals surface area (Å²) in [5.74, 6) is -0.220. The van der Waals surface area contributed by atoms with Gasteiger partial charge in [-0.3, -0.25) is 0 Å². The Morgan fingerprint density at radius 3 is 2.39 bits per heavy atom. The molecule has 1 spiro atoms. The summed E-state index contributed by atoms with van der Waals surface area (Å²) in [6, 6.07) is 7.31. The van der Waals surface area contributed by atoms with Crippen molar-refractivity contribution in [3.05, 3.63) is 34.9 Å². The number of anilines is 1. The van der Waals surface area contributed by atoms with Crippen molar-refractivity contribution < 1.29 is 23.8 Å². The van der Waals surface area contributed by atoms with Crippen LogP contribution < -0.4 is 9.75 Å². The molecule has 0 amide bonds. The maximum absolute atomic E-state index is 12.4. The average molecular weight is 424 g/mol. The zero-order valence-electron chi connectivity index (χ0n) is 16.2. The van der Waals surface area contributed by atoms with Crippen molar-refractivity contribution in [3.8, 4) is 5.75 Å². The number of ether oxygens (including phenoxy) is 3. The highest BCUT2D eigenvalue weighted by atomic mass is 32.2. The lowest BCUT2D eigenvalue weighted by atomic mass is 10.3. The first-order valence-electron chi connectivity index (χ1n) is 8.49. The Kier molecular flexibility index (Phi) is 5.80. The molecule has 10 heteroatoms. The third-order valence-electron chi connectivity index (χ3n) is 4.32. The van der Waals surface area contributed by atoms with Gasteiger partial charge in [-0.15, -0.1) is 0 Å². The topological polar surface area (TPSA) is 80.7 Å². The van der Waals surface area contributed by atoms with Gasteiger partial charge < -0.3 is 19.1 Å². The summed E-state index contributed by atoms with van der Waals surface area (Å²) in [5, 5.41) is 6.42. The first kappa shape index (κ1) is 20.4. The summed E-state index contributed by atoms with van der Waals surface area (Å²) in [7, 11) is 4.76. The molecule has 0 aromatic heterocycles. The molecule has 0 aliphatic carbocycles. The van der Waals surface area contributed by atoms with Crippen LogP contribution >= 0.6 is 23.5 Å². The summed E-state index contributed by atoms with van der Waals surface area (Å²) in [4.78, 5) is 27.0. The van der Waals surface area contributed by atoms with Crippen LogP contribution in [0.4, 0.5) is 5.69 Å². The van der Waals surface area contributed by atoms with Gasteiger partial charge in [-0.25, -0.2) is 14.6 Å². The number of thioether (sulfide) groups is 2. The van der Waals surface area contributed by atoms with E-state index in [4.69, 9.17) is 14.2 Å². The van der Waals surface area contributed by atoms with Gasteiger partial charge in [-0.1, -0.05) is 11.8 Å². The van der Waals surface area contributed by atoms with Crippen LogP contribution in [0.1, 0.15) is 13.8 Å². The van der Waals surface area contributed by atoms with Crippen LogP contribution in [0.5, 0.6) is 5.75 Å². The van der Waals surface area contributed by atoms with E-state index < -0.39 is 16.3 Å². The Morgan fingerprint density at radius 2 is 1.82 bits per heavy atom. The summed E-state index contributed by atoms with van der Waals surface area (Å²) < 4.78 is 14.4. The molecule has 0 saturated heterocycles. The molecule has 0 fully saturated rings. The fraction of sp³-hybridized carbons (Fsp3) is 0.389. The Morgan fingerprint density at radius 1 is 1.14 bits per heavy atom. The largest absolute Gasteiger partial charge is 0.497 e. The number of hydrazone groups is 1. The molecule has 2 heterocycles. The Bertz CT molecular complexity index is 855. The minimum Gasteiger partial charge on any atom is -0.497 e. The Balaban J connectivity index is 2.02. The molecular weight excluding hydrogens is 402 g/mol. The fourth-order valence-electron chi connectivity index (χ4n) is 2.76. The van der Waals surface area contributed by atoms with Crippen molar-refractivity contribution in [1.29, 1.82) is 0 Å². The van der Waals surface area contributed by atoms with Gasteiger partial charge in [0.1, 0.15) is 10.7 Å². The van der Waals surface area contributed by atoms with Gasteiger partial charge in [0.15, 0.2) is 0 Å². The smallest absolute Gasteiger partial charge is 0.365 e. The van der Waals surface area contributed by atoms with Crippen LogP contribution in [-0.2, 0) is 19.1 Å². The highest BCUT2D eigenvalue weighted by molar-refractivity contribution is 8.28. The first-order valence-corrected chi connectivity index (χ1v) is 10.1. The summed E-state index contributed by atoms with van der Waals surface area (Å²) in [6.45, 7) is 3.89.